The van der Waals surface area contributed by atoms with Crippen molar-refractivity contribution in [3.8, 4) is 0 Å². The topological polar surface area (TPSA) is 82.6 Å². The summed E-state index contributed by atoms with van der Waals surface area (Å²) in [5.41, 5.74) is 7.13. The highest BCUT2D eigenvalue weighted by Crippen LogP contribution is 2.18. The summed E-state index contributed by atoms with van der Waals surface area (Å²) >= 11 is 0. The lowest BCUT2D eigenvalue weighted by atomic mass is 10.1. The second-order valence-corrected chi connectivity index (χ2v) is 6.95. The van der Waals surface area contributed by atoms with Crippen molar-refractivity contribution in [1.82, 2.24) is 5.43 Å². The Labute approximate surface area is 176 Å². The third kappa shape index (κ3) is 6.31. The third-order valence-electron chi connectivity index (χ3n) is 4.28. The molecule has 6 heteroatoms. The number of aryl methyl sites for hydroxylation is 1. The van der Waals surface area contributed by atoms with E-state index in [9.17, 15) is 9.59 Å². The molecule has 0 radical (unpaired) electrons. The molecule has 0 saturated heterocycles. The molecule has 152 valence electrons. The quantitative estimate of drug-likeness (QED) is 0.391. The molecule has 3 N–H and O–H groups in total. The van der Waals surface area contributed by atoms with Gasteiger partial charge in [-0.05, 0) is 62.4 Å². The molecule has 2 amide bonds. The van der Waals surface area contributed by atoms with Gasteiger partial charge in [0.1, 0.15) is 0 Å². The average molecular weight is 400 g/mol. The SMILES string of the molecule is C/C(CC(=O)Nc1ccc(Nc2ccccc2)cc1)=N\NC(=O)c1cccc(C)c1. The summed E-state index contributed by atoms with van der Waals surface area (Å²) in [5, 5.41) is 10.1. The van der Waals surface area contributed by atoms with Gasteiger partial charge in [0.15, 0.2) is 0 Å². The zero-order chi connectivity index (χ0) is 21.3. The molecule has 0 fully saturated rings. The second kappa shape index (κ2) is 10.0. The Bertz CT molecular complexity index is 1040. The molecular formula is C24H24N4O2. The van der Waals surface area contributed by atoms with Gasteiger partial charge in [-0.15, -0.1) is 0 Å². The van der Waals surface area contributed by atoms with Crippen molar-refractivity contribution in [2.24, 2.45) is 5.10 Å². The molecule has 0 aliphatic heterocycles. The Morgan fingerprint density at radius 3 is 2.20 bits per heavy atom. The summed E-state index contributed by atoms with van der Waals surface area (Å²) in [5.74, 6) is -0.509. The fourth-order valence-electron chi connectivity index (χ4n) is 2.80. The first-order valence-corrected chi connectivity index (χ1v) is 9.62. The number of carbonyl (C=O) groups excluding carboxylic acids is 2. The Hall–Kier alpha value is -3.93. The fourth-order valence-corrected chi connectivity index (χ4v) is 2.80. The maximum absolute atomic E-state index is 12.2. The fraction of sp³-hybridized carbons (Fsp3) is 0.125. The smallest absolute Gasteiger partial charge is 0.271 e. The van der Waals surface area contributed by atoms with E-state index in [-0.39, 0.29) is 18.2 Å². The molecule has 3 aromatic rings. The number of hydrogen-bond acceptors (Lipinski definition) is 4. The molecular weight excluding hydrogens is 376 g/mol. The first-order chi connectivity index (χ1) is 14.5. The van der Waals surface area contributed by atoms with Crippen molar-refractivity contribution in [2.45, 2.75) is 20.3 Å². The minimum atomic E-state index is -0.306. The molecule has 0 aliphatic carbocycles. The summed E-state index contributed by atoms with van der Waals surface area (Å²) in [6.45, 7) is 3.61. The predicted octanol–water partition coefficient (Wildman–Crippen LogP) is 4.87. The molecule has 3 rings (SSSR count). The second-order valence-electron chi connectivity index (χ2n) is 6.95. The molecule has 0 heterocycles. The van der Waals surface area contributed by atoms with E-state index in [4.69, 9.17) is 0 Å². The van der Waals surface area contributed by atoms with Crippen molar-refractivity contribution >= 4 is 34.6 Å². The van der Waals surface area contributed by atoms with Crippen LogP contribution in [0.25, 0.3) is 0 Å². The lowest BCUT2D eigenvalue weighted by molar-refractivity contribution is -0.115. The first kappa shape index (κ1) is 20.8. The molecule has 0 atom stereocenters. The van der Waals surface area contributed by atoms with Crippen LogP contribution >= 0.6 is 0 Å². The summed E-state index contributed by atoms with van der Waals surface area (Å²) in [6.07, 6.45) is 0.0815. The third-order valence-corrected chi connectivity index (χ3v) is 4.28. The van der Waals surface area contributed by atoms with Crippen LogP contribution < -0.4 is 16.1 Å². The summed E-state index contributed by atoms with van der Waals surface area (Å²) in [7, 11) is 0. The van der Waals surface area contributed by atoms with Gasteiger partial charge >= 0.3 is 0 Å². The number of rotatable bonds is 7. The van der Waals surface area contributed by atoms with Gasteiger partial charge in [-0.3, -0.25) is 9.59 Å². The van der Waals surface area contributed by atoms with Crippen LogP contribution in [0.4, 0.5) is 17.1 Å². The van der Waals surface area contributed by atoms with Crippen molar-refractivity contribution in [2.75, 3.05) is 10.6 Å². The number of nitrogens with zero attached hydrogens (tertiary/aromatic N) is 1. The highest BCUT2D eigenvalue weighted by atomic mass is 16.2. The molecule has 3 aromatic carbocycles. The van der Waals surface area contributed by atoms with E-state index in [0.717, 1.165) is 16.9 Å². The molecule has 0 bridgehead atoms. The van der Waals surface area contributed by atoms with E-state index in [2.05, 4.69) is 21.2 Å². The first-order valence-electron chi connectivity index (χ1n) is 9.62. The number of hydrogen-bond donors (Lipinski definition) is 3. The van der Waals surface area contributed by atoms with Crippen molar-refractivity contribution in [1.29, 1.82) is 0 Å². The van der Waals surface area contributed by atoms with Crippen LogP contribution in [-0.4, -0.2) is 17.5 Å². The van der Waals surface area contributed by atoms with Crippen molar-refractivity contribution < 1.29 is 9.59 Å². The van der Waals surface area contributed by atoms with Gasteiger partial charge in [-0.25, -0.2) is 5.43 Å². The van der Waals surface area contributed by atoms with Gasteiger partial charge in [-0.1, -0.05) is 35.9 Å². The minimum absolute atomic E-state index is 0.0815. The van der Waals surface area contributed by atoms with Crippen LogP contribution in [0.1, 0.15) is 29.3 Å². The van der Waals surface area contributed by atoms with E-state index in [1.54, 1.807) is 19.1 Å². The summed E-state index contributed by atoms with van der Waals surface area (Å²) < 4.78 is 0. The van der Waals surface area contributed by atoms with Crippen LogP contribution in [0, 0.1) is 6.92 Å². The number of nitrogens with one attached hydrogen (secondary N) is 3. The minimum Gasteiger partial charge on any atom is -0.356 e. The molecule has 0 aliphatic rings. The number of carbonyl (C=O) groups is 2. The van der Waals surface area contributed by atoms with E-state index >= 15 is 0 Å². The zero-order valence-corrected chi connectivity index (χ0v) is 17.0. The van der Waals surface area contributed by atoms with Crippen LogP contribution in [0.3, 0.4) is 0 Å². The Morgan fingerprint density at radius 2 is 1.50 bits per heavy atom. The zero-order valence-electron chi connectivity index (χ0n) is 17.0. The highest BCUT2D eigenvalue weighted by Gasteiger charge is 2.07. The molecule has 0 saturated carbocycles. The van der Waals surface area contributed by atoms with Gasteiger partial charge in [0.25, 0.3) is 5.91 Å². The highest BCUT2D eigenvalue weighted by molar-refractivity contribution is 6.06. The van der Waals surface area contributed by atoms with Gasteiger partial charge in [0.2, 0.25) is 5.91 Å². The molecule has 0 unspecified atom stereocenters. The predicted molar refractivity (Wildman–Crippen MR) is 121 cm³/mol. The average Bonchev–Trinajstić information content (AvgIpc) is 2.74. The van der Waals surface area contributed by atoms with E-state index in [1.165, 1.54) is 0 Å². The Balaban J connectivity index is 1.49. The normalized spacial score (nSPS) is 10.9. The monoisotopic (exact) mass is 400 g/mol. The van der Waals surface area contributed by atoms with Crippen molar-refractivity contribution in [3.05, 3.63) is 90.0 Å². The Morgan fingerprint density at radius 1 is 0.833 bits per heavy atom. The summed E-state index contributed by atoms with van der Waals surface area (Å²) in [6, 6.07) is 24.5. The lowest BCUT2D eigenvalue weighted by Crippen LogP contribution is -2.21. The molecule has 6 nitrogen and oxygen atoms in total. The van der Waals surface area contributed by atoms with Gasteiger partial charge in [-0.2, -0.15) is 5.10 Å². The standard InChI is InChI=1S/C24H24N4O2/c1-17-7-6-8-19(15-17)24(30)28-27-18(2)16-23(29)26-22-13-11-21(12-14-22)25-20-9-4-3-5-10-20/h3-15,25H,16H2,1-2H3,(H,26,29)(H,28,30)/b27-18+. The number of anilines is 3. The van der Waals surface area contributed by atoms with Gasteiger partial charge in [0, 0.05) is 28.3 Å². The maximum atomic E-state index is 12.2. The largest absolute Gasteiger partial charge is 0.356 e. The van der Waals surface area contributed by atoms with Crippen LogP contribution in [0.5, 0.6) is 0 Å². The molecule has 0 aromatic heterocycles. The van der Waals surface area contributed by atoms with Crippen LogP contribution in [0.15, 0.2) is 84.0 Å². The van der Waals surface area contributed by atoms with Crippen molar-refractivity contribution in [3.63, 3.8) is 0 Å². The van der Waals surface area contributed by atoms with Crippen LogP contribution in [0.2, 0.25) is 0 Å². The molecule has 0 spiro atoms. The summed E-state index contributed by atoms with van der Waals surface area (Å²) in [4.78, 5) is 24.4. The Kier molecular flexibility index (Phi) is 6.95. The van der Waals surface area contributed by atoms with E-state index < -0.39 is 0 Å². The van der Waals surface area contributed by atoms with Gasteiger partial charge in [0.05, 0.1) is 6.42 Å². The van der Waals surface area contributed by atoms with Gasteiger partial charge < -0.3 is 10.6 Å². The van der Waals surface area contributed by atoms with E-state index in [0.29, 0.717) is 17.0 Å². The molecule has 30 heavy (non-hydrogen) atoms. The number of benzene rings is 3. The maximum Gasteiger partial charge on any atom is 0.271 e. The lowest BCUT2D eigenvalue weighted by Gasteiger charge is -2.09. The number of hydrazone groups is 1. The van der Waals surface area contributed by atoms with Crippen LogP contribution in [-0.2, 0) is 4.79 Å². The number of para-hydroxylation sites is 1. The number of amides is 2. The van der Waals surface area contributed by atoms with E-state index in [1.807, 2.05) is 73.7 Å².